The van der Waals surface area contributed by atoms with Crippen LogP contribution in [0.5, 0.6) is 0 Å². The Morgan fingerprint density at radius 2 is 1.78 bits per heavy atom. The molecule has 168 valence electrons. The zero-order valence-electron chi connectivity index (χ0n) is 18.9. The molecular formula is C24H30N6OS. The zero-order valence-corrected chi connectivity index (χ0v) is 19.7. The first-order chi connectivity index (χ1) is 15.6. The Morgan fingerprint density at radius 1 is 1.03 bits per heavy atom. The lowest BCUT2D eigenvalue weighted by atomic mass is 10.2. The van der Waals surface area contributed by atoms with Gasteiger partial charge in [-0.05, 0) is 44.6 Å². The Kier molecular flexibility index (Phi) is 7.12. The third-order valence-corrected chi connectivity index (χ3v) is 6.73. The van der Waals surface area contributed by atoms with Crippen molar-refractivity contribution in [2.45, 2.75) is 44.1 Å². The summed E-state index contributed by atoms with van der Waals surface area (Å²) in [6.07, 6.45) is 1.83. The van der Waals surface area contributed by atoms with Gasteiger partial charge >= 0.3 is 5.69 Å². The van der Waals surface area contributed by atoms with E-state index in [4.69, 9.17) is 0 Å². The Bertz CT molecular complexity index is 1210. The van der Waals surface area contributed by atoms with Crippen LogP contribution in [-0.2, 0) is 13.1 Å². The summed E-state index contributed by atoms with van der Waals surface area (Å²) >= 11 is 1.71. The number of imidazole rings is 1. The standard InChI is InChI=1S/C24H30N6OS/c1-4-20(28(2)3)22-26-27-24(30(22)17-18-11-6-5-7-12-18)32-16-10-15-29-21-14-9-8-13-19(21)25-23(29)31/h5-9,11-14,20H,4,10,15-17H2,1-3H3,(H,25,31)/t20-/m0/s1. The van der Waals surface area contributed by atoms with Crippen LogP contribution in [0.15, 0.2) is 64.5 Å². The number of nitrogens with zero attached hydrogens (tertiary/aromatic N) is 5. The lowest BCUT2D eigenvalue weighted by Gasteiger charge is -2.23. The molecule has 0 amide bonds. The van der Waals surface area contributed by atoms with Crippen molar-refractivity contribution in [1.82, 2.24) is 29.2 Å². The van der Waals surface area contributed by atoms with E-state index in [2.05, 4.69) is 69.9 Å². The third-order valence-electron chi connectivity index (χ3n) is 5.68. The van der Waals surface area contributed by atoms with Gasteiger partial charge in [0, 0.05) is 12.3 Å². The molecule has 8 heteroatoms. The molecule has 4 rings (SSSR count). The average Bonchev–Trinajstić information content (AvgIpc) is 3.32. The van der Waals surface area contributed by atoms with E-state index in [0.717, 1.165) is 47.2 Å². The van der Waals surface area contributed by atoms with E-state index in [-0.39, 0.29) is 11.7 Å². The molecule has 2 aromatic carbocycles. The Hall–Kier alpha value is -2.84. The number of fused-ring (bicyclic) bond motifs is 1. The first-order valence-electron chi connectivity index (χ1n) is 11.0. The van der Waals surface area contributed by atoms with E-state index in [1.165, 1.54) is 5.56 Å². The number of nitrogens with one attached hydrogen (secondary N) is 1. The van der Waals surface area contributed by atoms with Gasteiger partial charge in [-0.15, -0.1) is 10.2 Å². The van der Waals surface area contributed by atoms with Crippen molar-refractivity contribution in [2.24, 2.45) is 0 Å². The molecule has 0 saturated carbocycles. The largest absolute Gasteiger partial charge is 0.326 e. The minimum atomic E-state index is -0.0532. The second kappa shape index (κ2) is 10.2. The van der Waals surface area contributed by atoms with Gasteiger partial charge in [0.2, 0.25) is 0 Å². The van der Waals surface area contributed by atoms with Crippen molar-refractivity contribution in [3.05, 3.63) is 76.5 Å². The van der Waals surface area contributed by atoms with Crippen molar-refractivity contribution in [3.8, 4) is 0 Å². The monoisotopic (exact) mass is 450 g/mol. The second-order valence-electron chi connectivity index (χ2n) is 8.10. The van der Waals surface area contributed by atoms with E-state index < -0.39 is 0 Å². The zero-order chi connectivity index (χ0) is 22.5. The second-order valence-corrected chi connectivity index (χ2v) is 9.16. The fourth-order valence-electron chi connectivity index (χ4n) is 4.06. The van der Waals surface area contributed by atoms with Crippen LogP contribution in [0.1, 0.15) is 37.2 Å². The van der Waals surface area contributed by atoms with Crippen LogP contribution in [0.2, 0.25) is 0 Å². The van der Waals surface area contributed by atoms with Gasteiger partial charge in [-0.3, -0.25) is 9.47 Å². The Balaban J connectivity index is 1.49. The Labute approximate surface area is 192 Å². The first kappa shape index (κ1) is 22.4. The predicted octanol–water partition coefficient (Wildman–Crippen LogP) is 4.16. The molecule has 0 radical (unpaired) electrons. The van der Waals surface area contributed by atoms with Crippen molar-refractivity contribution >= 4 is 22.8 Å². The van der Waals surface area contributed by atoms with Crippen LogP contribution in [0, 0.1) is 0 Å². The highest BCUT2D eigenvalue weighted by atomic mass is 32.2. The van der Waals surface area contributed by atoms with Crippen LogP contribution < -0.4 is 5.69 Å². The molecule has 2 heterocycles. The molecule has 7 nitrogen and oxygen atoms in total. The van der Waals surface area contributed by atoms with Gasteiger partial charge in [0.15, 0.2) is 11.0 Å². The fourth-order valence-corrected chi connectivity index (χ4v) is 4.93. The number of hydrogen-bond donors (Lipinski definition) is 1. The quantitative estimate of drug-likeness (QED) is 0.290. The number of H-pyrrole nitrogens is 1. The molecule has 0 fully saturated rings. The average molecular weight is 451 g/mol. The van der Waals surface area contributed by atoms with E-state index in [1.54, 1.807) is 11.8 Å². The molecule has 2 aromatic heterocycles. The SMILES string of the molecule is CC[C@@H](c1nnc(SCCCn2c(=O)[nH]c3ccccc32)n1Cc1ccccc1)N(C)C. The van der Waals surface area contributed by atoms with E-state index in [9.17, 15) is 4.79 Å². The summed E-state index contributed by atoms with van der Waals surface area (Å²) in [6.45, 7) is 3.60. The number of benzene rings is 2. The van der Waals surface area contributed by atoms with Gasteiger partial charge in [0.25, 0.3) is 0 Å². The molecule has 32 heavy (non-hydrogen) atoms. The normalized spacial score (nSPS) is 12.6. The number of aromatic nitrogens is 5. The predicted molar refractivity (Wildman–Crippen MR) is 130 cm³/mol. The van der Waals surface area contributed by atoms with Gasteiger partial charge < -0.3 is 9.55 Å². The van der Waals surface area contributed by atoms with Crippen LogP contribution in [0.4, 0.5) is 0 Å². The van der Waals surface area contributed by atoms with Crippen molar-refractivity contribution in [1.29, 1.82) is 0 Å². The maximum atomic E-state index is 12.3. The summed E-state index contributed by atoms with van der Waals surface area (Å²) in [5.74, 6) is 1.86. The lowest BCUT2D eigenvalue weighted by molar-refractivity contribution is 0.272. The third kappa shape index (κ3) is 4.81. The molecule has 0 spiro atoms. The number of thioether (sulfide) groups is 1. The lowest BCUT2D eigenvalue weighted by Crippen LogP contribution is -2.23. The molecule has 0 saturated heterocycles. The maximum Gasteiger partial charge on any atom is 0.326 e. The molecule has 0 bridgehead atoms. The van der Waals surface area contributed by atoms with Gasteiger partial charge in [0.1, 0.15) is 0 Å². The smallest absolute Gasteiger partial charge is 0.306 e. The van der Waals surface area contributed by atoms with E-state index in [1.807, 2.05) is 34.9 Å². The highest BCUT2D eigenvalue weighted by Crippen LogP contribution is 2.26. The molecule has 4 aromatic rings. The van der Waals surface area contributed by atoms with Gasteiger partial charge in [-0.2, -0.15) is 0 Å². The number of aryl methyl sites for hydroxylation is 1. The molecule has 1 N–H and O–H groups in total. The van der Waals surface area contributed by atoms with Gasteiger partial charge in [0.05, 0.1) is 23.6 Å². The number of para-hydroxylation sites is 2. The highest BCUT2D eigenvalue weighted by molar-refractivity contribution is 7.99. The topological polar surface area (TPSA) is 71.7 Å². The molecule has 0 aliphatic rings. The minimum Gasteiger partial charge on any atom is -0.306 e. The summed E-state index contributed by atoms with van der Waals surface area (Å²) in [6, 6.07) is 18.5. The summed E-state index contributed by atoms with van der Waals surface area (Å²) in [5, 5.41) is 10.0. The van der Waals surface area contributed by atoms with Crippen LogP contribution in [0.3, 0.4) is 0 Å². The number of rotatable bonds is 10. The minimum absolute atomic E-state index is 0.0532. The summed E-state index contributed by atoms with van der Waals surface area (Å²) in [4.78, 5) is 17.4. The van der Waals surface area contributed by atoms with E-state index >= 15 is 0 Å². The molecule has 1 atom stereocenters. The van der Waals surface area contributed by atoms with Crippen LogP contribution in [-0.4, -0.2) is 49.1 Å². The van der Waals surface area contributed by atoms with E-state index in [0.29, 0.717) is 6.54 Å². The summed E-state index contributed by atoms with van der Waals surface area (Å²) < 4.78 is 4.06. The summed E-state index contributed by atoms with van der Waals surface area (Å²) in [7, 11) is 4.17. The van der Waals surface area contributed by atoms with Crippen LogP contribution in [0.25, 0.3) is 11.0 Å². The van der Waals surface area contributed by atoms with Crippen molar-refractivity contribution in [2.75, 3.05) is 19.8 Å². The maximum absolute atomic E-state index is 12.3. The highest BCUT2D eigenvalue weighted by Gasteiger charge is 2.22. The number of hydrogen-bond acceptors (Lipinski definition) is 5. The van der Waals surface area contributed by atoms with Gasteiger partial charge in [-0.25, -0.2) is 4.79 Å². The Morgan fingerprint density at radius 3 is 2.53 bits per heavy atom. The van der Waals surface area contributed by atoms with Crippen LogP contribution >= 0.6 is 11.8 Å². The molecule has 0 unspecified atom stereocenters. The molecular weight excluding hydrogens is 420 g/mol. The van der Waals surface area contributed by atoms with Crippen molar-refractivity contribution < 1.29 is 0 Å². The first-order valence-corrected chi connectivity index (χ1v) is 12.0. The number of aromatic amines is 1. The molecule has 0 aliphatic heterocycles. The fraction of sp³-hybridized carbons (Fsp3) is 0.375. The summed E-state index contributed by atoms with van der Waals surface area (Å²) in [5.41, 5.74) is 3.01. The van der Waals surface area contributed by atoms with Crippen molar-refractivity contribution in [3.63, 3.8) is 0 Å². The molecule has 0 aliphatic carbocycles. The van der Waals surface area contributed by atoms with Gasteiger partial charge in [-0.1, -0.05) is 61.2 Å².